The van der Waals surface area contributed by atoms with Crippen molar-refractivity contribution in [3.8, 4) is 40.5 Å². The van der Waals surface area contributed by atoms with E-state index in [9.17, 15) is 19.2 Å². The molecule has 15 heteroatoms. The minimum absolute atomic E-state index is 0.147. The maximum Gasteiger partial charge on any atom is 0.274 e. The van der Waals surface area contributed by atoms with Gasteiger partial charge in [-0.1, -0.05) is 31.9 Å². The van der Waals surface area contributed by atoms with Gasteiger partial charge in [0.1, 0.15) is 29.3 Å². The molecule has 0 unspecified atom stereocenters. The number of pyridine rings is 1. The van der Waals surface area contributed by atoms with E-state index in [1.54, 1.807) is 36.4 Å². The molecule has 0 radical (unpaired) electrons. The van der Waals surface area contributed by atoms with Gasteiger partial charge in [-0.2, -0.15) is 5.26 Å². The maximum atomic E-state index is 14.4. The van der Waals surface area contributed by atoms with Crippen molar-refractivity contribution < 1.29 is 23.5 Å². The number of carbonyl (C=O) groups excluding carboxylic acids is 2. The standard InChI is InChI=1S/C34H19Br2FN8O4/c35-22-1-2-41-31(8-22)34(47)45-25-3-19(13-38)4-27(11-25)48-30-16-42-32(43-17-30)20-5-21(7-23(36)6-20)33(46)44-26-9-24(37)10-28(12-26)49-29-14-39-18-40-15-29/h1-12,14-18H,(H,44,46)(H,45,47). The van der Waals surface area contributed by atoms with Crippen molar-refractivity contribution in [1.29, 1.82) is 5.26 Å². The Morgan fingerprint density at radius 3 is 2.10 bits per heavy atom. The third-order valence-corrected chi connectivity index (χ3v) is 7.38. The van der Waals surface area contributed by atoms with E-state index in [-0.39, 0.29) is 45.6 Å². The Bertz CT molecular complexity index is 2240. The first-order valence-electron chi connectivity index (χ1n) is 14.0. The largest absolute Gasteiger partial charge is 0.454 e. The van der Waals surface area contributed by atoms with E-state index in [1.807, 2.05) is 6.07 Å². The van der Waals surface area contributed by atoms with Crippen molar-refractivity contribution in [1.82, 2.24) is 24.9 Å². The second-order valence-electron chi connectivity index (χ2n) is 10.1. The van der Waals surface area contributed by atoms with Gasteiger partial charge >= 0.3 is 0 Å². The Labute approximate surface area is 294 Å². The van der Waals surface area contributed by atoms with Crippen LogP contribution in [-0.4, -0.2) is 36.7 Å². The fourth-order valence-corrected chi connectivity index (χ4v) is 5.22. The number of halogens is 3. The SMILES string of the molecule is N#Cc1cc(NC(=O)c2cc(Br)ccn2)cc(Oc2cnc(-c3cc(Br)cc(C(=O)Nc4cc(F)cc(Oc5cncnc5)c4)c3)nc2)c1. The van der Waals surface area contributed by atoms with E-state index in [2.05, 4.69) is 67.4 Å². The molecular weight excluding hydrogens is 763 g/mol. The molecule has 0 aliphatic carbocycles. The fourth-order valence-electron chi connectivity index (χ4n) is 4.39. The lowest BCUT2D eigenvalue weighted by Gasteiger charge is -2.11. The number of carbonyl (C=O) groups is 2. The summed E-state index contributed by atoms with van der Waals surface area (Å²) in [6, 6.07) is 18.6. The molecule has 240 valence electrons. The highest BCUT2D eigenvalue weighted by molar-refractivity contribution is 9.10. The van der Waals surface area contributed by atoms with Gasteiger partial charge in [-0.05, 0) is 48.5 Å². The molecule has 0 bridgehead atoms. The minimum atomic E-state index is -0.617. The van der Waals surface area contributed by atoms with Crippen molar-refractivity contribution in [2.75, 3.05) is 10.6 Å². The Hall–Kier alpha value is -6.11. The van der Waals surface area contributed by atoms with Gasteiger partial charge < -0.3 is 20.1 Å². The highest BCUT2D eigenvalue weighted by Crippen LogP contribution is 2.29. The number of hydrogen-bond donors (Lipinski definition) is 2. The van der Waals surface area contributed by atoms with Gasteiger partial charge in [-0.3, -0.25) is 14.6 Å². The summed E-state index contributed by atoms with van der Waals surface area (Å²) in [6.07, 6.45) is 8.54. The highest BCUT2D eigenvalue weighted by atomic mass is 79.9. The number of hydrogen-bond acceptors (Lipinski definition) is 10. The van der Waals surface area contributed by atoms with E-state index >= 15 is 0 Å². The molecule has 12 nitrogen and oxygen atoms in total. The first kappa shape index (κ1) is 32.8. The molecule has 6 rings (SSSR count). The van der Waals surface area contributed by atoms with E-state index in [4.69, 9.17) is 9.47 Å². The zero-order valence-corrected chi connectivity index (χ0v) is 27.9. The molecular formula is C34H19Br2FN8O4. The number of nitrogens with zero attached hydrogens (tertiary/aromatic N) is 6. The van der Waals surface area contributed by atoms with Crippen molar-refractivity contribution in [2.24, 2.45) is 0 Å². The van der Waals surface area contributed by atoms with Gasteiger partial charge in [0.25, 0.3) is 11.8 Å². The molecule has 0 atom stereocenters. The predicted molar refractivity (Wildman–Crippen MR) is 183 cm³/mol. The normalized spacial score (nSPS) is 10.5. The molecule has 0 saturated carbocycles. The van der Waals surface area contributed by atoms with Crippen molar-refractivity contribution >= 4 is 55.0 Å². The third kappa shape index (κ3) is 8.63. The third-order valence-electron chi connectivity index (χ3n) is 6.43. The average Bonchev–Trinajstić information content (AvgIpc) is 3.08. The first-order valence-corrected chi connectivity index (χ1v) is 15.6. The molecule has 0 saturated heterocycles. The number of amides is 2. The van der Waals surface area contributed by atoms with Crippen molar-refractivity contribution in [3.63, 3.8) is 0 Å². The van der Waals surface area contributed by atoms with Crippen molar-refractivity contribution in [2.45, 2.75) is 0 Å². The van der Waals surface area contributed by atoms with Crippen LogP contribution in [0.4, 0.5) is 15.8 Å². The Kier molecular flexibility index (Phi) is 9.88. The first-order chi connectivity index (χ1) is 23.7. The molecule has 49 heavy (non-hydrogen) atoms. The van der Waals surface area contributed by atoms with Crippen LogP contribution >= 0.6 is 31.9 Å². The summed E-state index contributed by atoms with van der Waals surface area (Å²) in [6.45, 7) is 0. The second kappa shape index (κ2) is 14.8. The van der Waals surface area contributed by atoms with Crippen LogP contribution in [0.25, 0.3) is 11.4 Å². The molecule has 0 spiro atoms. The van der Waals surface area contributed by atoms with Crippen LogP contribution in [0.5, 0.6) is 23.0 Å². The van der Waals surface area contributed by atoms with Gasteiger partial charge in [-0.15, -0.1) is 0 Å². The number of aromatic nitrogens is 5. The van der Waals surface area contributed by atoms with Crippen LogP contribution in [0.1, 0.15) is 26.4 Å². The van der Waals surface area contributed by atoms with Crippen LogP contribution in [0.15, 0.2) is 113 Å². The molecule has 3 heterocycles. The van der Waals surface area contributed by atoms with Crippen LogP contribution < -0.4 is 20.1 Å². The summed E-state index contributed by atoms with van der Waals surface area (Å²) in [4.78, 5) is 46.4. The fraction of sp³-hybridized carbons (Fsp3) is 0. The lowest BCUT2D eigenvalue weighted by molar-refractivity contribution is 0.101. The summed E-state index contributed by atoms with van der Waals surface area (Å²) < 4.78 is 27.1. The molecule has 0 aliphatic heterocycles. The molecule has 3 aromatic heterocycles. The Morgan fingerprint density at radius 2 is 1.39 bits per heavy atom. The van der Waals surface area contributed by atoms with E-state index in [0.717, 1.165) is 6.07 Å². The molecule has 2 N–H and O–H groups in total. The number of nitrogens with one attached hydrogen (secondary N) is 2. The van der Waals surface area contributed by atoms with E-state index in [0.29, 0.717) is 25.9 Å². The molecule has 0 fully saturated rings. The summed E-state index contributed by atoms with van der Waals surface area (Å²) in [5.74, 6) is -0.348. The molecule has 0 aliphatic rings. The molecule has 6 aromatic rings. The smallest absolute Gasteiger partial charge is 0.274 e. The Morgan fingerprint density at radius 1 is 0.714 bits per heavy atom. The van der Waals surface area contributed by atoms with Gasteiger partial charge in [0.05, 0.1) is 36.4 Å². The monoisotopic (exact) mass is 780 g/mol. The maximum absolute atomic E-state index is 14.4. The number of benzene rings is 3. The number of rotatable bonds is 9. The average molecular weight is 782 g/mol. The van der Waals surface area contributed by atoms with E-state index in [1.165, 1.54) is 61.6 Å². The van der Waals surface area contributed by atoms with Gasteiger partial charge in [0.15, 0.2) is 17.3 Å². The Balaban J connectivity index is 1.16. The summed E-state index contributed by atoms with van der Waals surface area (Å²) in [5.41, 5.74) is 1.69. The molecule has 3 aromatic carbocycles. The highest BCUT2D eigenvalue weighted by Gasteiger charge is 2.15. The van der Waals surface area contributed by atoms with Crippen LogP contribution in [0, 0.1) is 17.1 Å². The van der Waals surface area contributed by atoms with Gasteiger partial charge in [0, 0.05) is 55.8 Å². The minimum Gasteiger partial charge on any atom is -0.454 e. The molecule has 2 amide bonds. The number of nitriles is 1. The number of anilines is 2. The van der Waals surface area contributed by atoms with Gasteiger partial charge in [0.2, 0.25) is 0 Å². The zero-order valence-electron chi connectivity index (χ0n) is 24.8. The predicted octanol–water partition coefficient (Wildman–Crippen LogP) is 7.95. The second-order valence-corrected chi connectivity index (χ2v) is 11.9. The zero-order chi connectivity index (χ0) is 34.3. The summed E-state index contributed by atoms with van der Waals surface area (Å²) in [7, 11) is 0. The quantitative estimate of drug-likeness (QED) is 0.147. The van der Waals surface area contributed by atoms with E-state index < -0.39 is 17.6 Å². The summed E-state index contributed by atoms with van der Waals surface area (Å²) >= 11 is 6.74. The topological polar surface area (TPSA) is 165 Å². The summed E-state index contributed by atoms with van der Waals surface area (Å²) in [5, 5.41) is 14.9. The van der Waals surface area contributed by atoms with Gasteiger partial charge in [-0.25, -0.2) is 24.3 Å². The van der Waals surface area contributed by atoms with Crippen LogP contribution in [-0.2, 0) is 0 Å². The number of ether oxygens (including phenoxy) is 2. The lowest BCUT2D eigenvalue weighted by Crippen LogP contribution is -2.13. The van der Waals surface area contributed by atoms with Crippen LogP contribution in [0.3, 0.4) is 0 Å². The van der Waals surface area contributed by atoms with Crippen molar-refractivity contribution in [3.05, 3.63) is 136 Å². The lowest BCUT2D eigenvalue weighted by atomic mass is 10.1. The van der Waals surface area contributed by atoms with Crippen LogP contribution in [0.2, 0.25) is 0 Å².